The Morgan fingerprint density at radius 1 is 1.29 bits per heavy atom. The molecule has 1 aliphatic carbocycles. The van der Waals surface area contributed by atoms with Gasteiger partial charge in [-0.3, -0.25) is 0 Å². The van der Waals surface area contributed by atoms with Gasteiger partial charge in [-0.25, -0.2) is 8.78 Å². The molecule has 1 aliphatic rings. The van der Waals surface area contributed by atoms with Gasteiger partial charge in [0.15, 0.2) is 5.82 Å². The van der Waals surface area contributed by atoms with Crippen molar-refractivity contribution in [3.63, 3.8) is 0 Å². The average Bonchev–Trinajstić information content (AvgIpc) is 2.95. The second-order valence-electron chi connectivity index (χ2n) is 5.89. The van der Waals surface area contributed by atoms with Crippen LogP contribution in [-0.2, 0) is 5.54 Å². The van der Waals surface area contributed by atoms with Crippen molar-refractivity contribution >= 4 is 0 Å². The smallest absolute Gasteiger partial charge is 0.261 e. The molecule has 2 aromatic rings. The molecule has 3 rings (SSSR count). The molecule has 112 valence electrons. The lowest BCUT2D eigenvalue weighted by atomic mass is 9.77. The van der Waals surface area contributed by atoms with Gasteiger partial charge in [0.05, 0.1) is 11.1 Å². The quantitative estimate of drug-likeness (QED) is 0.922. The van der Waals surface area contributed by atoms with E-state index in [9.17, 15) is 8.78 Å². The number of halogens is 2. The van der Waals surface area contributed by atoms with Gasteiger partial charge in [0.2, 0.25) is 0 Å². The zero-order chi connectivity index (χ0) is 15.0. The van der Waals surface area contributed by atoms with E-state index in [0.717, 1.165) is 43.9 Å². The molecule has 1 aromatic heterocycles. The summed E-state index contributed by atoms with van der Waals surface area (Å²) >= 11 is 0. The molecular weight excluding hydrogens is 276 g/mol. The summed E-state index contributed by atoms with van der Waals surface area (Å²) in [4.78, 5) is 4.19. The first-order chi connectivity index (χ1) is 9.98. The van der Waals surface area contributed by atoms with Crippen LogP contribution in [0.3, 0.4) is 0 Å². The molecular formula is C15H17F2N3O. The molecule has 6 heteroatoms. The van der Waals surface area contributed by atoms with Crippen LogP contribution < -0.4 is 5.73 Å². The van der Waals surface area contributed by atoms with Crippen LogP contribution in [0.5, 0.6) is 0 Å². The molecule has 21 heavy (non-hydrogen) atoms. The predicted octanol–water partition coefficient (Wildman–Crippen LogP) is 3.38. The molecule has 0 amide bonds. The SMILES string of the molecule is CC1CCC(N)(c2noc(-c3cc(F)ccc3F)n2)CC1. The second-order valence-corrected chi connectivity index (χ2v) is 5.89. The fourth-order valence-corrected chi connectivity index (χ4v) is 2.70. The van der Waals surface area contributed by atoms with Crippen LogP contribution >= 0.6 is 0 Å². The van der Waals surface area contributed by atoms with Crippen molar-refractivity contribution in [3.05, 3.63) is 35.7 Å². The lowest BCUT2D eigenvalue weighted by Gasteiger charge is -2.33. The largest absolute Gasteiger partial charge is 0.334 e. The van der Waals surface area contributed by atoms with Crippen LogP contribution in [0.15, 0.2) is 22.7 Å². The van der Waals surface area contributed by atoms with Crippen molar-refractivity contribution in [3.8, 4) is 11.5 Å². The summed E-state index contributed by atoms with van der Waals surface area (Å²) < 4.78 is 32.0. The Balaban J connectivity index is 1.91. The molecule has 0 atom stereocenters. The Morgan fingerprint density at radius 2 is 2.00 bits per heavy atom. The minimum Gasteiger partial charge on any atom is -0.334 e. The molecule has 0 bridgehead atoms. The van der Waals surface area contributed by atoms with Crippen LogP contribution in [0.1, 0.15) is 38.4 Å². The first kappa shape index (κ1) is 14.1. The molecule has 0 saturated heterocycles. The third-order valence-electron chi connectivity index (χ3n) is 4.20. The lowest BCUT2D eigenvalue weighted by Crippen LogP contribution is -2.41. The summed E-state index contributed by atoms with van der Waals surface area (Å²) in [5.74, 6) is -0.192. The van der Waals surface area contributed by atoms with E-state index in [4.69, 9.17) is 10.3 Å². The van der Waals surface area contributed by atoms with E-state index >= 15 is 0 Å². The third-order valence-corrected chi connectivity index (χ3v) is 4.20. The van der Waals surface area contributed by atoms with Crippen LogP contribution in [0, 0.1) is 17.6 Å². The number of rotatable bonds is 2. The van der Waals surface area contributed by atoms with E-state index in [2.05, 4.69) is 17.1 Å². The van der Waals surface area contributed by atoms with E-state index in [0.29, 0.717) is 11.7 Å². The summed E-state index contributed by atoms with van der Waals surface area (Å²) in [6.45, 7) is 2.18. The van der Waals surface area contributed by atoms with E-state index in [-0.39, 0.29) is 11.5 Å². The first-order valence-corrected chi connectivity index (χ1v) is 7.06. The predicted molar refractivity (Wildman–Crippen MR) is 73.1 cm³/mol. The van der Waals surface area contributed by atoms with Gasteiger partial charge in [-0.15, -0.1) is 0 Å². The highest BCUT2D eigenvalue weighted by Crippen LogP contribution is 2.36. The molecule has 0 aliphatic heterocycles. The fraction of sp³-hybridized carbons (Fsp3) is 0.467. The Hall–Kier alpha value is -1.82. The third kappa shape index (κ3) is 2.68. The molecule has 0 unspecified atom stereocenters. The molecule has 0 spiro atoms. The number of aromatic nitrogens is 2. The van der Waals surface area contributed by atoms with Crippen LogP contribution in [0.25, 0.3) is 11.5 Å². The van der Waals surface area contributed by atoms with Crippen LogP contribution in [0.2, 0.25) is 0 Å². The monoisotopic (exact) mass is 293 g/mol. The Kier molecular flexibility index (Phi) is 3.49. The number of hydrogen-bond acceptors (Lipinski definition) is 4. The maximum absolute atomic E-state index is 13.7. The number of hydrogen-bond donors (Lipinski definition) is 1. The van der Waals surface area contributed by atoms with Gasteiger partial charge in [0, 0.05) is 0 Å². The summed E-state index contributed by atoms with van der Waals surface area (Å²) in [7, 11) is 0. The molecule has 0 radical (unpaired) electrons. The van der Waals surface area contributed by atoms with Crippen molar-refractivity contribution < 1.29 is 13.3 Å². The van der Waals surface area contributed by atoms with Gasteiger partial charge in [-0.05, 0) is 49.8 Å². The first-order valence-electron chi connectivity index (χ1n) is 7.06. The normalized spacial score (nSPS) is 26.0. The zero-order valence-corrected chi connectivity index (χ0v) is 11.8. The van der Waals surface area contributed by atoms with Crippen LogP contribution in [0.4, 0.5) is 8.78 Å². The summed E-state index contributed by atoms with van der Waals surface area (Å²) in [6, 6.07) is 3.12. The van der Waals surface area contributed by atoms with E-state index in [1.54, 1.807) is 0 Å². The molecule has 1 saturated carbocycles. The van der Waals surface area contributed by atoms with Gasteiger partial charge < -0.3 is 10.3 Å². The Bertz CT molecular complexity index is 648. The summed E-state index contributed by atoms with van der Waals surface area (Å²) in [6.07, 6.45) is 3.51. The van der Waals surface area contributed by atoms with Crippen molar-refractivity contribution in [1.29, 1.82) is 0 Å². The number of benzene rings is 1. The fourth-order valence-electron chi connectivity index (χ4n) is 2.70. The number of nitrogens with zero attached hydrogens (tertiary/aromatic N) is 2. The Labute approximate surface area is 121 Å². The van der Waals surface area contributed by atoms with E-state index < -0.39 is 17.2 Å². The molecule has 1 aromatic carbocycles. The van der Waals surface area contributed by atoms with E-state index in [1.165, 1.54) is 0 Å². The second kappa shape index (κ2) is 5.18. The van der Waals surface area contributed by atoms with Gasteiger partial charge >= 0.3 is 0 Å². The van der Waals surface area contributed by atoms with Gasteiger partial charge in [-0.1, -0.05) is 12.1 Å². The molecule has 1 fully saturated rings. The summed E-state index contributed by atoms with van der Waals surface area (Å²) in [5.41, 5.74) is 5.67. The molecule has 1 heterocycles. The molecule has 2 N–H and O–H groups in total. The average molecular weight is 293 g/mol. The summed E-state index contributed by atoms with van der Waals surface area (Å²) in [5, 5.41) is 3.88. The van der Waals surface area contributed by atoms with E-state index in [1.807, 2.05) is 0 Å². The van der Waals surface area contributed by atoms with Gasteiger partial charge in [0.25, 0.3) is 5.89 Å². The van der Waals surface area contributed by atoms with Crippen LogP contribution in [-0.4, -0.2) is 10.1 Å². The standard InChI is InChI=1S/C15H17F2N3O/c1-9-4-6-15(18,7-5-9)14-19-13(21-20-14)11-8-10(16)2-3-12(11)17/h2-3,8-9H,4-7,18H2,1H3. The highest BCUT2D eigenvalue weighted by Gasteiger charge is 2.36. The maximum atomic E-state index is 13.7. The molecule has 4 nitrogen and oxygen atoms in total. The minimum absolute atomic E-state index is 0.0366. The van der Waals surface area contributed by atoms with Crippen molar-refractivity contribution in [1.82, 2.24) is 10.1 Å². The van der Waals surface area contributed by atoms with Crippen molar-refractivity contribution in [2.75, 3.05) is 0 Å². The topological polar surface area (TPSA) is 64.9 Å². The van der Waals surface area contributed by atoms with Crippen molar-refractivity contribution in [2.24, 2.45) is 11.7 Å². The Morgan fingerprint density at radius 3 is 2.71 bits per heavy atom. The van der Waals surface area contributed by atoms with Gasteiger partial charge in [0.1, 0.15) is 11.6 Å². The van der Waals surface area contributed by atoms with Gasteiger partial charge in [-0.2, -0.15) is 4.98 Å². The zero-order valence-electron chi connectivity index (χ0n) is 11.8. The highest BCUT2D eigenvalue weighted by atomic mass is 19.1. The van der Waals surface area contributed by atoms with Crippen molar-refractivity contribution in [2.45, 2.75) is 38.1 Å². The lowest BCUT2D eigenvalue weighted by molar-refractivity contribution is 0.230. The highest BCUT2D eigenvalue weighted by molar-refractivity contribution is 5.53. The maximum Gasteiger partial charge on any atom is 0.261 e. The minimum atomic E-state index is -0.641. The number of nitrogens with two attached hydrogens (primary N) is 1.